The summed E-state index contributed by atoms with van der Waals surface area (Å²) in [5.41, 5.74) is 3.82. The van der Waals surface area contributed by atoms with Gasteiger partial charge in [0.2, 0.25) is 0 Å². The normalized spacial score (nSPS) is 13.1. The first-order chi connectivity index (χ1) is 9.27. The summed E-state index contributed by atoms with van der Waals surface area (Å²) in [6.45, 7) is 3.84. The quantitative estimate of drug-likeness (QED) is 0.813. The Morgan fingerprint density at radius 3 is 2.60 bits per heavy atom. The molecule has 0 aliphatic carbocycles. The monoisotopic (exact) mass is 288 g/mol. The molecule has 0 fully saturated rings. The third-order valence-electron chi connectivity index (χ3n) is 3.02. The zero-order chi connectivity index (χ0) is 15.3. The molecule has 20 heavy (non-hydrogen) atoms. The summed E-state index contributed by atoms with van der Waals surface area (Å²) in [7, 11) is 0. The van der Waals surface area contributed by atoms with Gasteiger partial charge in [-0.05, 0) is 25.5 Å². The minimum absolute atomic E-state index is 0.101. The highest BCUT2D eigenvalue weighted by Gasteiger charge is 2.34. The van der Waals surface area contributed by atoms with E-state index in [1.807, 2.05) is 13.8 Å². The van der Waals surface area contributed by atoms with E-state index in [4.69, 9.17) is 5.73 Å². The number of hydrogen-bond donors (Lipinski definition) is 2. The van der Waals surface area contributed by atoms with Crippen LogP contribution >= 0.6 is 0 Å². The van der Waals surface area contributed by atoms with E-state index >= 15 is 0 Å². The number of amides is 1. The molecule has 0 bridgehead atoms. The van der Waals surface area contributed by atoms with Gasteiger partial charge >= 0.3 is 6.18 Å². The molecular weight excluding hydrogens is 269 g/mol. The Hall–Kier alpha value is -1.72. The second-order valence-corrected chi connectivity index (χ2v) is 4.78. The number of anilines is 1. The summed E-state index contributed by atoms with van der Waals surface area (Å²) < 4.78 is 38.1. The lowest BCUT2D eigenvalue weighted by molar-refractivity contribution is -0.136. The van der Waals surface area contributed by atoms with Crippen molar-refractivity contribution in [1.29, 1.82) is 0 Å². The van der Waals surface area contributed by atoms with Crippen molar-refractivity contribution < 1.29 is 18.0 Å². The average molecular weight is 288 g/mol. The smallest absolute Gasteiger partial charge is 0.398 e. The SMILES string of the molecule is CCCCC(C)NC(=O)c1cccc(C(F)(F)F)c1N. The Labute approximate surface area is 116 Å². The van der Waals surface area contributed by atoms with Crippen molar-refractivity contribution in [3.63, 3.8) is 0 Å². The van der Waals surface area contributed by atoms with E-state index in [0.29, 0.717) is 0 Å². The number of para-hydroxylation sites is 1. The van der Waals surface area contributed by atoms with Crippen LogP contribution in [0, 0.1) is 0 Å². The number of nitrogens with one attached hydrogen (secondary N) is 1. The van der Waals surface area contributed by atoms with E-state index in [2.05, 4.69) is 5.32 Å². The van der Waals surface area contributed by atoms with Gasteiger partial charge in [-0.2, -0.15) is 13.2 Å². The Balaban J connectivity index is 2.89. The number of hydrogen-bond acceptors (Lipinski definition) is 2. The van der Waals surface area contributed by atoms with Crippen LogP contribution in [0.25, 0.3) is 0 Å². The molecule has 0 radical (unpaired) electrons. The molecule has 0 aromatic heterocycles. The van der Waals surface area contributed by atoms with Crippen LogP contribution in [-0.2, 0) is 6.18 Å². The highest BCUT2D eigenvalue weighted by molar-refractivity contribution is 6.00. The molecule has 3 nitrogen and oxygen atoms in total. The summed E-state index contributed by atoms with van der Waals surface area (Å²) >= 11 is 0. The molecule has 3 N–H and O–H groups in total. The number of nitrogens with two attached hydrogens (primary N) is 1. The molecule has 0 spiro atoms. The maximum atomic E-state index is 12.7. The Bertz CT molecular complexity index is 472. The number of halogens is 3. The second-order valence-electron chi connectivity index (χ2n) is 4.78. The van der Waals surface area contributed by atoms with Gasteiger partial charge in [-0.1, -0.05) is 25.8 Å². The highest BCUT2D eigenvalue weighted by atomic mass is 19.4. The van der Waals surface area contributed by atoms with Gasteiger partial charge < -0.3 is 11.1 Å². The summed E-state index contributed by atoms with van der Waals surface area (Å²) in [5.74, 6) is -0.572. The lowest BCUT2D eigenvalue weighted by atomic mass is 10.1. The number of benzene rings is 1. The molecule has 0 aliphatic rings. The van der Waals surface area contributed by atoms with E-state index in [-0.39, 0.29) is 11.6 Å². The molecule has 1 atom stereocenters. The molecule has 1 aromatic rings. The number of rotatable bonds is 5. The van der Waals surface area contributed by atoms with E-state index < -0.39 is 23.3 Å². The number of unbranched alkanes of at least 4 members (excludes halogenated alkanes) is 1. The van der Waals surface area contributed by atoms with Gasteiger partial charge in [0.15, 0.2) is 0 Å². The number of alkyl halides is 3. The molecule has 0 saturated heterocycles. The van der Waals surface area contributed by atoms with Crippen molar-refractivity contribution in [1.82, 2.24) is 5.32 Å². The summed E-state index contributed by atoms with van der Waals surface area (Å²) in [5, 5.41) is 2.66. The van der Waals surface area contributed by atoms with Crippen molar-refractivity contribution in [3.8, 4) is 0 Å². The van der Waals surface area contributed by atoms with Crippen LogP contribution in [0.15, 0.2) is 18.2 Å². The van der Waals surface area contributed by atoms with Crippen LogP contribution in [0.2, 0.25) is 0 Å². The largest absolute Gasteiger partial charge is 0.418 e. The number of carbonyl (C=O) groups is 1. The van der Waals surface area contributed by atoms with E-state index in [1.165, 1.54) is 12.1 Å². The molecule has 112 valence electrons. The maximum absolute atomic E-state index is 12.7. The molecule has 0 saturated carbocycles. The highest BCUT2D eigenvalue weighted by Crippen LogP contribution is 2.34. The fraction of sp³-hybridized carbons (Fsp3) is 0.500. The Morgan fingerprint density at radius 1 is 1.40 bits per heavy atom. The number of carbonyl (C=O) groups excluding carboxylic acids is 1. The minimum Gasteiger partial charge on any atom is -0.398 e. The molecule has 1 amide bonds. The first kappa shape index (κ1) is 16.3. The zero-order valence-corrected chi connectivity index (χ0v) is 11.6. The molecule has 1 aromatic carbocycles. The Kier molecular flexibility index (Phi) is 5.42. The second kappa shape index (κ2) is 6.63. The van der Waals surface area contributed by atoms with Crippen LogP contribution in [0.5, 0.6) is 0 Å². The molecule has 6 heteroatoms. The minimum atomic E-state index is -4.56. The van der Waals surface area contributed by atoms with E-state index in [9.17, 15) is 18.0 Å². The topological polar surface area (TPSA) is 55.1 Å². The molecular formula is C14H19F3N2O. The van der Waals surface area contributed by atoms with Crippen molar-refractivity contribution in [3.05, 3.63) is 29.3 Å². The molecule has 0 heterocycles. The van der Waals surface area contributed by atoms with Crippen LogP contribution in [0.1, 0.15) is 49.0 Å². The predicted octanol–water partition coefficient (Wildman–Crippen LogP) is 3.60. The van der Waals surface area contributed by atoms with Gasteiger partial charge in [0, 0.05) is 6.04 Å². The maximum Gasteiger partial charge on any atom is 0.418 e. The summed E-state index contributed by atoms with van der Waals surface area (Å²) in [4.78, 5) is 12.0. The number of nitrogen functional groups attached to an aromatic ring is 1. The van der Waals surface area contributed by atoms with Crippen molar-refractivity contribution in [2.24, 2.45) is 0 Å². The summed E-state index contributed by atoms with van der Waals surface area (Å²) in [6, 6.07) is 3.25. The summed E-state index contributed by atoms with van der Waals surface area (Å²) in [6.07, 6.45) is -1.85. The van der Waals surface area contributed by atoms with E-state index in [0.717, 1.165) is 25.3 Å². The third-order valence-corrected chi connectivity index (χ3v) is 3.02. The van der Waals surface area contributed by atoms with Crippen LogP contribution in [0.4, 0.5) is 18.9 Å². The van der Waals surface area contributed by atoms with Gasteiger partial charge in [-0.25, -0.2) is 0 Å². The Morgan fingerprint density at radius 2 is 2.05 bits per heavy atom. The first-order valence-electron chi connectivity index (χ1n) is 6.54. The van der Waals surface area contributed by atoms with Crippen molar-refractivity contribution in [2.75, 3.05) is 5.73 Å². The third kappa shape index (κ3) is 4.15. The molecule has 1 unspecified atom stereocenters. The van der Waals surface area contributed by atoms with Gasteiger partial charge in [0.05, 0.1) is 16.8 Å². The van der Waals surface area contributed by atoms with Crippen LogP contribution in [0.3, 0.4) is 0 Å². The van der Waals surface area contributed by atoms with E-state index in [1.54, 1.807) is 0 Å². The predicted molar refractivity (Wildman–Crippen MR) is 72.3 cm³/mol. The lowest BCUT2D eigenvalue weighted by Gasteiger charge is -2.16. The van der Waals surface area contributed by atoms with Crippen LogP contribution in [-0.4, -0.2) is 11.9 Å². The van der Waals surface area contributed by atoms with Gasteiger partial charge in [0.1, 0.15) is 0 Å². The van der Waals surface area contributed by atoms with Gasteiger partial charge in [0.25, 0.3) is 5.91 Å². The van der Waals surface area contributed by atoms with Gasteiger partial charge in [-0.15, -0.1) is 0 Å². The molecule has 0 aliphatic heterocycles. The fourth-order valence-corrected chi connectivity index (χ4v) is 1.89. The average Bonchev–Trinajstić information content (AvgIpc) is 2.35. The van der Waals surface area contributed by atoms with Crippen molar-refractivity contribution in [2.45, 2.75) is 45.3 Å². The molecule has 1 rings (SSSR count). The first-order valence-corrected chi connectivity index (χ1v) is 6.54. The van der Waals surface area contributed by atoms with Gasteiger partial charge in [-0.3, -0.25) is 4.79 Å². The zero-order valence-electron chi connectivity index (χ0n) is 11.6. The fourth-order valence-electron chi connectivity index (χ4n) is 1.89. The van der Waals surface area contributed by atoms with Crippen molar-refractivity contribution >= 4 is 11.6 Å². The lowest BCUT2D eigenvalue weighted by Crippen LogP contribution is -2.33. The van der Waals surface area contributed by atoms with Crippen LogP contribution < -0.4 is 11.1 Å². The standard InChI is InChI=1S/C14H19F3N2O/c1-3-4-6-9(2)19-13(20)10-7-5-8-11(12(10)18)14(15,16)17/h5,7-9H,3-4,6,18H2,1-2H3,(H,19,20).